The van der Waals surface area contributed by atoms with Gasteiger partial charge in [-0.25, -0.2) is 0 Å². The van der Waals surface area contributed by atoms with Gasteiger partial charge in [0.1, 0.15) is 0 Å². The number of aromatic nitrogens is 2. The first-order valence-electron chi connectivity index (χ1n) is 6.47. The van der Waals surface area contributed by atoms with Gasteiger partial charge in [-0.2, -0.15) is 0 Å². The Labute approximate surface area is 112 Å². The Hall–Kier alpha value is -2.29. The molecule has 3 nitrogen and oxygen atoms in total. The Kier molecular flexibility index (Phi) is 2.75. The van der Waals surface area contributed by atoms with Crippen LogP contribution in [0, 0.1) is 12.3 Å². The number of rotatable bonds is 2. The summed E-state index contributed by atoms with van der Waals surface area (Å²) in [6.07, 6.45) is 0. The molecule has 0 aliphatic heterocycles. The zero-order valence-electron chi connectivity index (χ0n) is 11.1. The van der Waals surface area contributed by atoms with Crippen LogP contribution in [0.15, 0.2) is 48.5 Å². The number of imidazole rings is 1. The number of nitrogens with one attached hydrogen (secondary N) is 2. The van der Waals surface area contributed by atoms with Crippen molar-refractivity contribution in [3.63, 3.8) is 0 Å². The summed E-state index contributed by atoms with van der Waals surface area (Å²) in [4.78, 5) is 3.12. The second-order valence-electron chi connectivity index (χ2n) is 4.95. The number of nitrogens with zero attached hydrogens (tertiary/aromatic N) is 1. The van der Waals surface area contributed by atoms with E-state index in [1.54, 1.807) is 0 Å². The number of H-pyrrole nitrogens is 1. The van der Waals surface area contributed by atoms with Crippen LogP contribution >= 0.6 is 0 Å². The molecule has 1 aromatic heterocycles. The van der Waals surface area contributed by atoms with Crippen LogP contribution in [0.3, 0.4) is 0 Å². The van der Waals surface area contributed by atoms with E-state index in [0.29, 0.717) is 5.62 Å². The van der Waals surface area contributed by atoms with Gasteiger partial charge in [0.15, 0.2) is 0 Å². The molecule has 0 amide bonds. The average molecular weight is 251 g/mol. The molecule has 0 spiro atoms. The molecule has 1 heterocycles. The van der Waals surface area contributed by atoms with Crippen LogP contribution in [0.5, 0.6) is 0 Å². The molecule has 0 saturated heterocycles. The van der Waals surface area contributed by atoms with E-state index in [9.17, 15) is 0 Å². The smallest absolute Gasteiger partial charge is 0.200 e. The van der Waals surface area contributed by atoms with Crippen molar-refractivity contribution in [1.29, 1.82) is 5.41 Å². The number of aryl methyl sites for hydroxylation is 1. The Morgan fingerprint density at radius 3 is 2.47 bits per heavy atom. The summed E-state index contributed by atoms with van der Waals surface area (Å²) in [5, 5.41) is 8.13. The molecule has 1 atom stereocenters. The van der Waals surface area contributed by atoms with E-state index in [-0.39, 0.29) is 6.04 Å². The van der Waals surface area contributed by atoms with Crippen LogP contribution in [0.25, 0.3) is 11.0 Å². The van der Waals surface area contributed by atoms with E-state index in [4.69, 9.17) is 5.41 Å². The number of hydrogen-bond donors (Lipinski definition) is 2. The third kappa shape index (κ3) is 1.97. The minimum absolute atomic E-state index is 0.143. The molecule has 0 aliphatic rings. The predicted octanol–water partition coefficient (Wildman–Crippen LogP) is 3.37. The summed E-state index contributed by atoms with van der Waals surface area (Å²) in [6.45, 7) is 4.21. The zero-order valence-corrected chi connectivity index (χ0v) is 11.1. The molecule has 96 valence electrons. The largest absolute Gasteiger partial charge is 0.324 e. The molecule has 2 aromatic carbocycles. The van der Waals surface area contributed by atoms with Crippen molar-refractivity contribution in [2.24, 2.45) is 0 Å². The first-order valence-corrected chi connectivity index (χ1v) is 6.47. The lowest BCUT2D eigenvalue weighted by Gasteiger charge is -2.15. The summed E-state index contributed by atoms with van der Waals surface area (Å²) in [5.74, 6) is 0. The Bertz CT molecular complexity index is 763. The second kappa shape index (κ2) is 4.43. The lowest BCUT2D eigenvalue weighted by molar-refractivity contribution is 0.618. The maximum atomic E-state index is 8.13. The van der Waals surface area contributed by atoms with E-state index in [1.165, 1.54) is 11.1 Å². The summed E-state index contributed by atoms with van der Waals surface area (Å²) >= 11 is 0. The molecular weight excluding hydrogens is 234 g/mol. The highest BCUT2D eigenvalue weighted by Crippen LogP contribution is 2.21. The molecule has 0 fully saturated rings. The molecule has 0 saturated carbocycles. The van der Waals surface area contributed by atoms with E-state index >= 15 is 0 Å². The standard InChI is InChI=1S/C16H17N3/c1-11-7-9-13(10-8-11)12(2)19-15-6-4-3-5-14(15)18-16(19)17/h3-10,12H,1-2H3,(H2,17,18). The van der Waals surface area contributed by atoms with E-state index in [1.807, 2.05) is 22.8 Å². The van der Waals surface area contributed by atoms with Gasteiger partial charge in [-0.15, -0.1) is 0 Å². The highest BCUT2D eigenvalue weighted by atomic mass is 15.1. The monoisotopic (exact) mass is 251 g/mol. The van der Waals surface area contributed by atoms with Gasteiger partial charge in [-0.1, -0.05) is 42.0 Å². The molecule has 3 heteroatoms. The highest BCUT2D eigenvalue weighted by Gasteiger charge is 2.12. The number of fused-ring (bicyclic) bond motifs is 1. The number of para-hydroxylation sites is 2. The van der Waals surface area contributed by atoms with E-state index < -0.39 is 0 Å². The predicted molar refractivity (Wildman–Crippen MR) is 77.1 cm³/mol. The molecule has 0 radical (unpaired) electrons. The maximum absolute atomic E-state index is 8.13. The van der Waals surface area contributed by atoms with Crippen molar-refractivity contribution in [2.45, 2.75) is 19.9 Å². The minimum Gasteiger partial charge on any atom is -0.324 e. The molecule has 1 unspecified atom stereocenters. The van der Waals surface area contributed by atoms with E-state index in [0.717, 1.165) is 11.0 Å². The van der Waals surface area contributed by atoms with Crippen molar-refractivity contribution in [3.05, 3.63) is 65.3 Å². The molecule has 0 aliphatic carbocycles. The molecular formula is C16H17N3. The molecule has 3 rings (SSSR count). The summed E-state index contributed by atoms with van der Waals surface area (Å²) in [6, 6.07) is 16.7. The fourth-order valence-corrected chi connectivity index (χ4v) is 2.49. The topological polar surface area (TPSA) is 44.6 Å². The SMILES string of the molecule is Cc1ccc(C(C)n2c(=N)[nH]c3ccccc32)cc1. The molecule has 3 aromatic rings. The Balaban J connectivity index is 2.16. The lowest BCUT2D eigenvalue weighted by Crippen LogP contribution is -2.21. The first-order chi connectivity index (χ1) is 9.16. The van der Waals surface area contributed by atoms with Crippen molar-refractivity contribution in [3.8, 4) is 0 Å². The highest BCUT2D eigenvalue weighted by molar-refractivity contribution is 5.75. The van der Waals surface area contributed by atoms with Gasteiger partial charge in [0.25, 0.3) is 0 Å². The second-order valence-corrected chi connectivity index (χ2v) is 4.95. The van der Waals surface area contributed by atoms with Crippen molar-refractivity contribution < 1.29 is 0 Å². The van der Waals surface area contributed by atoms with Gasteiger partial charge in [0.2, 0.25) is 5.62 Å². The van der Waals surface area contributed by atoms with Gasteiger partial charge in [0.05, 0.1) is 17.1 Å². The van der Waals surface area contributed by atoms with Crippen molar-refractivity contribution >= 4 is 11.0 Å². The van der Waals surface area contributed by atoms with Crippen molar-refractivity contribution in [2.75, 3.05) is 0 Å². The Morgan fingerprint density at radius 2 is 1.74 bits per heavy atom. The average Bonchev–Trinajstić information content (AvgIpc) is 2.74. The van der Waals surface area contributed by atoms with Crippen LogP contribution in [0.1, 0.15) is 24.1 Å². The van der Waals surface area contributed by atoms with Crippen LogP contribution < -0.4 is 5.62 Å². The van der Waals surface area contributed by atoms with Crippen molar-refractivity contribution in [1.82, 2.24) is 9.55 Å². The number of benzene rings is 2. The quantitative estimate of drug-likeness (QED) is 0.701. The first kappa shape index (κ1) is 11.8. The minimum atomic E-state index is 0.143. The van der Waals surface area contributed by atoms with Gasteiger partial charge in [-0.3, -0.25) is 5.41 Å². The molecule has 19 heavy (non-hydrogen) atoms. The van der Waals surface area contributed by atoms with E-state index in [2.05, 4.69) is 49.2 Å². The summed E-state index contributed by atoms with van der Waals surface area (Å²) in [5.41, 5.74) is 4.99. The Morgan fingerprint density at radius 1 is 1.05 bits per heavy atom. The summed E-state index contributed by atoms with van der Waals surface area (Å²) < 4.78 is 2.03. The third-order valence-electron chi connectivity index (χ3n) is 3.60. The molecule has 2 N–H and O–H groups in total. The van der Waals surface area contributed by atoms with Crippen LogP contribution in [-0.2, 0) is 0 Å². The zero-order chi connectivity index (χ0) is 13.4. The summed E-state index contributed by atoms with van der Waals surface area (Å²) in [7, 11) is 0. The third-order valence-corrected chi connectivity index (χ3v) is 3.60. The number of aromatic amines is 1. The maximum Gasteiger partial charge on any atom is 0.200 e. The van der Waals surface area contributed by atoms with Gasteiger partial charge >= 0.3 is 0 Å². The fourth-order valence-electron chi connectivity index (χ4n) is 2.49. The van der Waals surface area contributed by atoms with Gasteiger partial charge in [0, 0.05) is 0 Å². The fraction of sp³-hybridized carbons (Fsp3) is 0.188. The van der Waals surface area contributed by atoms with Crippen LogP contribution in [-0.4, -0.2) is 9.55 Å². The van der Waals surface area contributed by atoms with Crippen LogP contribution in [0.2, 0.25) is 0 Å². The lowest BCUT2D eigenvalue weighted by atomic mass is 10.1. The van der Waals surface area contributed by atoms with Gasteiger partial charge < -0.3 is 9.55 Å². The van der Waals surface area contributed by atoms with Crippen LogP contribution in [0.4, 0.5) is 0 Å². The number of hydrogen-bond acceptors (Lipinski definition) is 1. The molecule has 0 bridgehead atoms. The normalized spacial score (nSPS) is 12.7. The van der Waals surface area contributed by atoms with Gasteiger partial charge in [-0.05, 0) is 31.5 Å².